The number of esters is 1. The summed E-state index contributed by atoms with van der Waals surface area (Å²) in [5.74, 6) is -0.274. The Kier molecular flexibility index (Phi) is 6.26. The van der Waals surface area contributed by atoms with Gasteiger partial charge in [-0.05, 0) is 40.1 Å². The molecule has 33 heavy (non-hydrogen) atoms. The Bertz CT molecular complexity index is 1260. The third kappa shape index (κ3) is 4.64. The Labute approximate surface area is 190 Å². The van der Waals surface area contributed by atoms with Crippen LogP contribution in [-0.2, 0) is 20.9 Å². The maximum Gasteiger partial charge on any atom is 0.329 e. The van der Waals surface area contributed by atoms with Gasteiger partial charge in [0.2, 0.25) is 0 Å². The highest BCUT2D eigenvalue weighted by Crippen LogP contribution is 2.31. The van der Waals surface area contributed by atoms with E-state index in [2.05, 4.69) is 28.3 Å². The van der Waals surface area contributed by atoms with Gasteiger partial charge in [-0.25, -0.2) is 9.69 Å². The summed E-state index contributed by atoms with van der Waals surface area (Å²) in [7, 11) is 2.71. The predicted octanol–water partition coefficient (Wildman–Crippen LogP) is 3.49. The average molecular weight is 446 g/mol. The smallest absolute Gasteiger partial charge is 0.329 e. The quantitative estimate of drug-likeness (QED) is 0.339. The van der Waals surface area contributed by atoms with Crippen molar-refractivity contribution in [2.45, 2.75) is 6.61 Å². The fraction of sp³-hybridized carbons (Fsp3) is 0.160. The number of nitrogens with one attached hydrogen (secondary N) is 1. The number of ether oxygens (including phenoxy) is 3. The molecule has 0 saturated carbocycles. The molecule has 0 atom stereocenters. The van der Waals surface area contributed by atoms with Gasteiger partial charge in [0.1, 0.15) is 18.8 Å². The van der Waals surface area contributed by atoms with Crippen molar-refractivity contribution in [1.29, 1.82) is 0 Å². The number of amides is 3. The minimum Gasteiger partial charge on any atom is -0.493 e. The highest BCUT2D eigenvalue weighted by molar-refractivity contribution is 6.15. The predicted molar refractivity (Wildman–Crippen MR) is 122 cm³/mol. The van der Waals surface area contributed by atoms with Gasteiger partial charge in [0, 0.05) is 0 Å². The maximum atomic E-state index is 12.5. The molecule has 1 saturated heterocycles. The third-order valence-corrected chi connectivity index (χ3v) is 5.24. The molecule has 0 aromatic heterocycles. The Morgan fingerprint density at radius 2 is 1.79 bits per heavy atom. The molecule has 1 aliphatic rings. The Hall–Kier alpha value is -4.33. The van der Waals surface area contributed by atoms with Crippen LogP contribution in [0.25, 0.3) is 16.8 Å². The second-order valence-corrected chi connectivity index (χ2v) is 7.29. The summed E-state index contributed by atoms with van der Waals surface area (Å²) in [6.45, 7) is -0.0993. The SMILES string of the molecule is COC(=O)CN1C(=O)N/C(=C/c2ccc(OCc3cccc4ccccc34)c(OC)c2)C1=O. The first-order valence-corrected chi connectivity index (χ1v) is 10.2. The molecule has 0 bridgehead atoms. The molecule has 1 aliphatic heterocycles. The van der Waals surface area contributed by atoms with E-state index in [1.165, 1.54) is 20.3 Å². The van der Waals surface area contributed by atoms with Gasteiger partial charge in [0.05, 0.1) is 14.2 Å². The third-order valence-electron chi connectivity index (χ3n) is 5.24. The summed E-state index contributed by atoms with van der Waals surface area (Å²) in [5.41, 5.74) is 1.72. The van der Waals surface area contributed by atoms with Gasteiger partial charge in [0.15, 0.2) is 11.5 Å². The number of imide groups is 1. The number of urea groups is 1. The van der Waals surface area contributed by atoms with E-state index in [1.54, 1.807) is 18.2 Å². The molecule has 1 fully saturated rings. The van der Waals surface area contributed by atoms with Crippen LogP contribution in [0.2, 0.25) is 0 Å². The molecule has 1 N–H and O–H groups in total. The molecule has 3 aromatic carbocycles. The molecule has 0 spiro atoms. The molecule has 0 unspecified atom stereocenters. The van der Waals surface area contributed by atoms with Crippen LogP contribution in [0.15, 0.2) is 66.4 Å². The number of fused-ring (bicyclic) bond motifs is 1. The second-order valence-electron chi connectivity index (χ2n) is 7.29. The van der Waals surface area contributed by atoms with Crippen LogP contribution < -0.4 is 14.8 Å². The van der Waals surface area contributed by atoms with Crippen LogP contribution in [0.3, 0.4) is 0 Å². The summed E-state index contributed by atoms with van der Waals surface area (Å²) in [6, 6.07) is 18.7. The van der Waals surface area contributed by atoms with Crippen molar-refractivity contribution in [1.82, 2.24) is 10.2 Å². The van der Waals surface area contributed by atoms with Crippen LogP contribution in [0, 0.1) is 0 Å². The summed E-state index contributed by atoms with van der Waals surface area (Å²) < 4.78 is 16.0. The molecular weight excluding hydrogens is 424 g/mol. The topological polar surface area (TPSA) is 94.2 Å². The summed E-state index contributed by atoms with van der Waals surface area (Å²) in [4.78, 5) is 36.7. The van der Waals surface area contributed by atoms with Crippen LogP contribution in [0.1, 0.15) is 11.1 Å². The number of carbonyl (C=O) groups is 3. The van der Waals surface area contributed by atoms with E-state index in [9.17, 15) is 14.4 Å². The average Bonchev–Trinajstić information content (AvgIpc) is 3.10. The number of rotatable bonds is 7. The van der Waals surface area contributed by atoms with Gasteiger partial charge in [0.25, 0.3) is 5.91 Å². The minimum absolute atomic E-state index is 0.0513. The van der Waals surface area contributed by atoms with Crippen molar-refractivity contribution in [3.05, 3.63) is 77.5 Å². The number of benzene rings is 3. The van der Waals surface area contributed by atoms with Gasteiger partial charge in [-0.3, -0.25) is 9.59 Å². The number of hydrogen-bond donors (Lipinski definition) is 1. The summed E-state index contributed by atoms with van der Waals surface area (Å²) >= 11 is 0. The first-order valence-electron chi connectivity index (χ1n) is 10.2. The lowest BCUT2D eigenvalue weighted by Gasteiger charge is -2.13. The number of carbonyl (C=O) groups excluding carboxylic acids is 3. The first-order chi connectivity index (χ1) is 16.0. The molecule has 8 heteroatoms. The number of methoxy groups -OCH3 is 2. The van der Waals surface area contributed by atoms with Crippen molar-refractivity contribution < 1.29 is 28.6 Å². The largest absolute Gasteiger partial charge is 0.493 e. The van der Waals surface area contributed by atoms with Crippen LogP contribution in [-0.4, -0.2) is 43.6 Å². The molecule has 168 valence electrons. The van der Waals surface area contributed by atoms with E-state index in [4.69, 9.17) is 9.47 Å². The van der Waals surface area contributed by atoms with Crippen molar-refractivity contribution in [3.8, 4) is 11.5 Å². The lowest BCUT2D eigenvalue weighted by Crippen LogP contribution is -2.36. The highest BCUT2D eigenvalue weighted by Gasteiger charge is 2.35. The fourth-order valence-corrected chi connectivity index (χ4v) is 3.54. The molecule has 0 aliphatic carbocycles. The number of hydrogen-bond acceptors (Lipinski definition) is 6. The van der Waals surface area contributed by atoms with Crippen LogP contribution >= 0.6 is 0 Å². The normalized spacial score (nSPS) is 14.5. The molecule has 8 nitrogen and oxygen atoms in total. The Morgan fingerprint density at radius 3 is 2.58 bits per heavy atom. The summed E-state index contributed by atoms with van der Waals surface area (Å²) in [6.07, 6.45) is 1.51. The Balaban J connectivity index is 1.52. The molecule has 0 radical (unpaired) electrons. The van der Waals surface area contributed by atoms with E-state index in [-0.39, 0.29) is 5.70 Å². The van der Waals surface area contributed by atoms with E-state index >= 15 is 0 Å². The maximum absolute atomic E-state index is 12.5. The molecule has 4 rings (SSSR count). The van der Waals surface area contributed by atoms with Crippen LogP contribution in [0.4, 0.5) is 4.79 Å². The minimum atomic E-state index is -0.686. The van der Waals surface area contributed by atoms with Gasteiger partial charge in [-0.2, -0.15) is 0 Å². The summed E-state index contributed by atoms with van der Waals surface area (Å²) in [5, 5.41) is 4.72. The van der Waals surface area contributed by atoms with Gasteiger partial charge >= 0.3 is 12.0 Å². The zero-order valence-electron chi connectivity index (χ0n) is 18.2. The van der Waals surface area contributed by atoms with Gasteiger partial charge in [-0.1, -0.05) is 48.5 Å². The highest BCUT2D eigenvalue weighted by atomic mass is 16.5. The van der Waals surface area contributed by atoms with Crippen LogP contribution in [0.5, 0.6) is 11.5 Å². The van der Waals surface area contributed by atoms with Gasteiger partial charge in [-0.15, -0.1) is 0 Å². The first kappa shape index (κ1) is 21.9. The van der Waals surface area contributed by atoms with E-state index in [0.717, 1.165) is 21.2 Å². The van der Waals surface area contributed by atoms with Crippen molar-refractivity contribution in [3.63, 3.8) is 0 Å². The molecule has 3 amide bonds. The Morgan fingerprint density at radius 1 is 1.00 bits per heavy atom. The van der Waals surface area contributed by atoms with E-state index < -0.39 is 24.5 Å². The van der Waals surface area contributed by atoms with Gasteiger partial charge < -0.3 is 19.5 Å². The van der Waals surface area contributed by atoms with E-state index in [1.807, 2.05) is 24.3 Å². The monoisotopic (exact) mass is 446 g/mol. The second kappa shape index (κ2) is 9.44. The molecule has 1 heterocycles. The standard InChI is InChI=1S/C25H22N2O6/c1-31-22-13-16(12-20-24(29)27(25(30)26-20)14-23(28)32-2)10-11-21(22)33-15-18-8-5-7-17-6-3-4-9-19(17)18/h3-13H,14-15H2,1-2H3,(H,26,30)/b20-12+. The van der Waals surface area contributed by atoms with Crippen molar-refractivity contribution in [2.75, 3.05) is 20.8 Å². The molecule has 3 aromatic rings. The zero-order chi connectivity index (χ0) is 23.4. The molecular formula is C25H22N2O6. The zero-order valence-corrected chi connectivity index (χ0v) is 18.2. The van der Waals surface area contributed by atoms with E-state index in [0.29, 0.717) is 23.7 Å². The number of nitrogens with zero attached hydrogens (tertiary/aromatic N) is 1. The van der Waals surface area contributed by atoms with Crippen molar-refractivity contribution in [2.24, 2.45) is 0 Å². The lowest BCUT2D eigenvalue weighted by atomic mass is 10.1. The van der Waals surface area contributed by atoms with Crippen molar-refractivity contribution >= 4 is 34.8 Å². The lowest BCUT2D eigenvalue weighted by molar-refractivity contribution is -0.143. The fourth-order valence-electron chi connectivity index (χ4n) is 3.54.